The summed E-state index contributed by atoms with van der Waals surface area (Å²) in [5, 5.41) is 10.2. The summed E-state index contributed by atoms with van der Waals surface area (Å²) in [7, 11) is 0. The zero-order valence-electron chi connectivity index (χ0n) is 11.1. The molecule has 100 valence electrons. The van der Waals surface area contributed by atoms with E-state index in [9.17, 15) is 9.90 Å². The number of phenolic OH excluding ortho intramolecular Hbond substituents is 1. The lowest BCUT2D eigenvalue weighted by atomic mass is 10.0. The molecule has 0 spiro atoms. The van der Waals surface area contributed by atoms with E-state index in [4.69, 9.17) is 4.42 Å². The molecule has 0 amide bonds. The number of rotatable bonds is 2. The van der Waals surface area contributed by atoms with Crippen LogP contribution in [0.5, 0.6) is 5.75 Å². The molecule has 20 heavy (non-hydrogen) atoms. The fourth-order valence-corrected chi connectivity index (χ4v) is 2.22. The third-order valence-corrected chi connectivity index (χ3v) is 3.39. The average Bonchev–Trinajstić information content (AvgIpc) is 2.46. The molecule has 3 heteroatoms. The molecule has 0 saturated carbocycles. The van der Waals surface area contributed by atoms with E-state index in [1.807, 2.05) is 24.3 Å². The zero-order valence-corrected chi connectivity index (χ0v) is 11.1. The molecule has 0 aliphatic heterocycles. The highest BCUT2D eigenvalue weighted by Crippen LogP contribution is 2.24. The molecule has 1 heterocycles. The minimum Gasteiger partial charge on any atom is -0.508 e. The first-order valence-electron chi connectivity index (χ1n) is 6.53. The van der Waals surface area contributed by atoms with Crippen LogP contribution in [0, 0.1) is 0 Å². The van der Waals surface area contributed by atoms with Crippen LogP contribution < -0.4 is 5.63 Å². The first-order chi connectivity index (χ1) is 9.67. The van der Waals surface area contributed by atoms with Gasteiger partial charge in [0.15, 0.2) is 0 Å². The van der Waals surface area contributed by atoms with Gasteiger partial charge in [-0.3, -0.25) is 0 Å². The Kier molecular flexibility index (Phi) is 3.03. The van der Waals surface area contributed by atoms with E-state index in [1.54, 1.807) is 18.2 Å². The van der Waals surface area contributed by atoms with Crippen LogP contribution in [0.15, 0.2) is 57.7 Å². The molecule has 1 N–H and O–H groups in total. The Labute approximate surface area is 116 Å². The number of aromatic hydroxyl groups is 1. The van der Waals surface area contributed by atoms with Crippen LogP contribution in [0.25, 0.3) is 22.1 Å². The summed E-state index contributed by atoms with van der Waals surface area (Å²) < 4.78 is 5.27. The third-order valence-electron chi connectivity index (χ3n) is 3.39. The van der Waals surface area contributed by atoms with Crippen molar-refractivity contribution >= 4 is 11.0 Å². The van der Waals surface area contributed by atoms with Gasteiger partial charge in [0.1, 0.15) is 11.3 Å². The van der Waals surface area contributed by atoms with Crippen molar-refractivity contribution in [2.24, 2.45) is 0 Å². The molecule has 0 atom stereocenters. The highest BCUT2D eigenvalue weighted by atomic mass is 16.4. The van der Waals surface area contributed by atoms with Gasteiger partial charge in [-0.15, -0.1) is 0 Å². The van der Waals surface area contributed by atoms with E-state index in [-0.39, 0.29) is 5.75 Å². The molecule has 3 aromatic rings. The van der Waals surface area contributed by atoms with Crippen LogP contribution in [0.2, 0.25) is 0 Å². The highest BCUT2D eigenvalue weighted by molar-refractivity contribution is 5.82. The van der Waals surface area contributed by atoms with Gasteiger partial charge in [0.2, 0.25) is 0 Å². The van der Waals surface area contributed by atoms with Crippen molar-refractivity contribution in [1.82, 2.24) is 0 Å². The summed E-state index contributed by atoms with van der Waals surface area (Å²) >= 11 is 0. The summed E-state index contributed by atoms with van der Waals surface area (Å²) in [6.45, 7) is 2.09. The van der Waals surface area contributed by atoms with Crippen LogP contribution in [-0.4, -0.2) is 5.11 Å². The topological polar surface area (TPSA) is 50.4 Å². The summed E-state index contributed by atoms with van der Waals surface area (Å²) in [6, 6.07) is 14.4. The number of benzene rings is 2. The number of fused-ring (bicyclic) bond motifs is 1. The van der Waals surface area contributed by atoms with Gasteiger partial charge in [-0.2, -0.15) is 0 Å². The average molecular weight is 266 g/mol. The molecule has 0 bridgehead atoms. The van der Waals surface area contributed by atoms with Crippen molar-refractivity contribution in [1.29, 1.82) is 0 Å². The molecule has 1 aromatic heterocycles. The van der Waals surface area contributed by atoms with Crippen molar-refractivity contribution in [3.8, 4) is 16.9 Å². The molecule has 0 aliphatic carbocycles. The van der Waals surface area contributed by atoms with Crippen LogP contribution in [0.3, 0.4) is 0 Å². The smallest absolute Gasteiger partial charge is 0.344 e. The Morgan fingerprint density at radius 2 is 1.80 bits per heavy atom. The zero-order chi connectivity index (χ0) is 14.1. The lowest BCUT2D eigenvalue weighted by Gasteiger charge is -2.04. The van der Waals surface area contributed by atoms with E-state index in [2.05, 4.69) is 6.92 Å². The van der Waals surface area contributed by atoms with Crippen LogP contribution in [-0.2, 0) is 6.42 Å². The van der Waals surface area contributed by atoms with Gasteiger partial charge in [0.05, 0.1) is 5.56 Å². The van der Waals surface area contributed by atoms with Gasteiger partial charge >= 0.3 is 5.63 Å². The third kappa shape index (κ3) is 2.18. The molecule has 2 aromatic carbocycles. The molecular formula is C17H14O3. The molecule has 0 saturated heterocycles. The summed E-state index contributed by atoms with van der Waals surface area (Å²) in [6.07, 6.45) is 0.964. The van der Waals surface area contributed by atoms with E-state index in [0.29, 0.717) is 11.1 Å². The van der Waals surface area contributed by atoms with Crippen LogP contribution in [0.4, 0.5) is 0 Å². The second kappa shape index (κ2) is 4.85. The molecule has 3 nitrogen and oxygen atoms in total. The van der Waals surface area contributed by atoms with Gasteiger partial charge in [-0.25, -0.2) is 4.79 Å². The SMILES string of the molecule is CCc1ccc(-c2cc3ccc(O)cc3oc2=O)cc1. The number of aryl methyl sites for hydroxylation is 1. The second-order valence-electron chi connectivity index (χ2n) is 4.72. The quantitative estimate of drug-likeness (QED) is 0.719. The largest absolute Gasteiger partial charge is 0.508 e. The van der Waals surface area contributed by atoms with Crippen molar-refractivity contribution in [3.05, 3.63) is 64.5 Å². The number of hydrogen-bond acceptors (Lipinski definition) is 3. The molecule has 0 fully saturated rings. The summed E-state index contributed by atoms with van der Waals surface area (Å²) in [5.41, 5.74) is 2.59. The van der Waals surface area contributed by atoms with Crippen LogP contribution in [0.1, 0.15) is 12.5 Å². The molecule has 0 radical (unpaired) electrons. The lowest BCUT2D eigenvalue weighted by molar-refractivity contribution is 0.473. The van der Waals surface area contributed by atoms with Crippen molar-refractivity contribution in [2.75, 3.05) is 0 Å². The van der Waals surface area contributed by atoms with Crippen molar-refractivity contribution in [2.45, 2.75) is 13.3 Å². The fraction of sp³-hybridized carbons (Fsp3) is 0.118. The normalized spacial score (nSPS) is 10.8. The molecule has 3 rings (SSSR count). The first-order valence-corrected chi connectivity index (χ1v) is 6.53. The first kappa shape index (κ1) is 12.5. The maximum atomic E-state index is 12.1. The standard InChI is InChI=1S/C17H14O3/c1-2-11-3-5-12(6-4-11)15-9-13-7-8-14(18)10-16(13)20-17(15)19/h3-10,18H,2H2,1H3. The highest BCUT2D eigenvalue weighted by Gasteiger charge is 2.08. The number of hydrogen-bond donors (Lipinski definition) is 1. The Morgan fingerprint density at radius 1 is 1.05 bits per heavy atom. The van der Waals surface area contributed by atoms with Crippen molar-refractivity contribution < 1.29 is 9.52 Å². The van der Waals surface area contributed by atoms with E-state index in [0.717, 1.165) is 17.4 Å². The van der Waals surface area contributed by atoms with Crippen LogP contribution >= 0.6 is 0 Å². The molecule has 0 unspecified atom stereocenters. The lowest BCUT2D eigenvalue weighted by Crippen LogP contribution is -2.02. The van der Waals surface area contributed by atoms with Crippen molar-refractivity contribution in [3.63, 3.8) is 0 Å². The van der Waals surface area contributed by atoms with E-state index in [1.165, 1.54) is 11.6 Å². The maximum Gasteiger partial charge on any atom is 0.344 e. The minimum absolute atomic E-state index is 0.0840. The summed E-state index contributed by atoms with van der Waals surface area (Å²) in [4.78, 5) is 12.1. The van der Waals surface area contributed by atoms with Gasteiger partial charge < -0.3 is 9.52 Å². The minimum atomic E-state index is -0.396. The Balaban J connectivity index is 2.17. The molecule has 0 aliphatic rings. The van der Waals surface area contributed by atoms with E-state index >= 15 is 0 Å². The Hall–Kier alpha value is -2.55. The Bertz CT molecular complexity index is 814. The van der Waals surface area contributed by atoms with Gasteiger partial charge in [-0.1, -0.05) is 31.2 Å². The fourth-order valence-electron chi connectivity index (χ4n) is 2.22. The maximum absolute atomic E-state index is 12.1. The monoisotopic (exact) mass is 266 g/mol. The Morgan fingerprint density at radius 3 is 2.50 bits per heavy atom. The molecular weight excluding hydrogens is 252 g/mol. The second-order valence-corrected chi connectivity index (χ2v) is 4.72. The number of phenols is 1. The van der Waals surface area contributed by atoms with E-state index < -0.39 is 5.63 Å². The van der Waals surface area contributed by atoms with Gasteiger partial charge in [-0.05, 0) is 35.7 Å². The predicted molar refractivity (Wildman–Crippen MR) is 79.0 cm³/mol. The van der Waals surface area contributed by atoms with Gasteiger partial charge in [0, 0.05) is 11.5 Å². The summed E-state index contributed by atoms with van der Waals surface area (Å²) in [5.74, 6) is 0.0840. The predicted octanol–water partition coefficient (Wildman–Crippen LogP) is 3.73. The van der Waals surface area contributed by atoms with Gasteiger partial charge in [0.25, 0.3) is 0 Å².